The molecule has 2 fully saturated rings. The highest BCUT2D eigenvalue weighted by molar-refractivity contribution is 7.99. The highest BCUT2D eigenvalue weighted by Gasteiger charge is 2.44. The van der Waals surface area contributed by atoms with Gasteiger partial charge in [-0.15, -0.1) is 11.8 Å². The maximum absolute atomic E-state index is 14.2. The van der Waals surface area contributed by atoms with Crippen molar-refractivity contribution >= 4 is 50.7 Å². The van der Waals surface area contributed by atoms with E-state index in [0.717, 1.165) is 41.7 Å². The van der Waals surface area contributed by atoms with E-state index in [1.165, 1.54) is 17.7 Å². The van der Waals surface area contributed by atoms with E-state index >= 15 is 0 Å². The van der Waals surface area contributed by atoms with Gasteiger partial charge in [-0.25, -0.2) is 13.1 Å². The predicted octanol–water partition coefficient (Wildman–Crippen LogP) is 7.21. The Morgan fingerprint density at radius 2 is 1.63 bits per heavy atom. The Bertz CT molecular complexity index is 2280. The van der Waals surface area contributed by atoms with Crippen LogP contribution in [0.15, 0.2) is 131 Å². The Kier molecular flexibility index (Phi) is 14.4. The van der Waals surface area contributed by atoms with Crippen molar-refractivity contribution in [3.63, 3.8) is 0 Å². The molecule has 12 nitrogen and oxygen atoms in total. The number of halogens is 1. The molecule has 7 rings (SSSR count). The number of hydrogen-bond acceptors (Lipinski definition) is 11. The fourth-order valence-electron chi connectivity index (χ4n) is 8.10. The molecular weight excluding hydrogens is 820 g/mol. The molecule has 316 valence electrons. The van der Waals surface area contributed by atoms with Gasteiger partial charge in [0.15, 0.2) is 0 Å². The van der Waals surface area contributed by atoms with E-state index in [1.807, 2.05) is 83.8 Å². The summed E-state index contributed by atoms with van der Waals surface area (Å²) >= 11 is 7.78. The largest absolute Gasteiger partial charge is 0.393 e. The number of piperazine rings is 1. The smallest absolute Gasteiger partial charge is 0.293 e. The van der Waals surface area contributed by atoms with Gasteiger partial charge in [0.25, 0.3) is 21.6 Å². The SMILES string of the molecule is O=C(NS(=O)(=O)c1ccc(N[C@H](CCN2CCC(O)CC2)CSc2ccccc2)c([N+](=O)[O-])c1)C1(N2CCN(Cc3ccccc3-c3ccc(Cl)cc3)CC2)C=CC=CC1. The minimum absolute atomic E-state index is 0.187. The number of thioether (sulfide) groups is 1. The normalized spacial score (nSPS) is 19.8. The summed E-state index contributed by atoms with van der Waals surface area (Å²) in [5, 5.41) is 26.5. The van der Waals surface area contributed by atoms with E-state index < -0.39 is 32.1 Å². The first-order chi connectivity index (χ1) is 29.0. The highest BCUT2D eigenvalue weighted by atomic mass is 35.5. The van der Waals surface area contributed by atoms with E-state index in [0.29, 0.717) is 62.8 Å². The van der Waals surface area contributed by atoms with E-state index in [4.69, 9.17) is 11.6 Å². The molecule has 0 spiro atoms. The van der Waals surface area contributed by atoms with Crippen molar-refractivity contribution in [3.8, 4) is 11.1 Å². The molecule has 0 saturated carbocycles. The third kappa shape index (κ3) is 10.8. The number of nitrogens with one attached hydrogen (secondary N) is 2. The van der Waals surface area contributed by atoms with Crippen molar-refractivity contribution in [1.29, 1.82) is 0 Å². The molecular formula is C45H51ClN6O6S2. The number of carbonyl (C=O) groups excluding carboxylic acids is 1. The van der Waals surface area contributed by atoms with Crippen LogP contribution in [0.3, 0.4) is 0 Å². The van der Waals surface area contributed by atoms with Gasteiger partial charge in [-0.2, -0.15) is 0 Å². The number of hydrogen-bond donors (Lipinski definition) is 3. The molecule has 1 amide bonds. The Morgan fingerprint density at radius 1 is 0.917 bits per heavy atom. The average Bonchev–Trinajstić information content (AvgIpc) is 3.26. The molecule has 60 heavy (non-hydrogen) atoms. The van der Waals surface area contributed by atoms with Crippen LogP contribution in [0.2, 0.25) is 5.02 Å². The number of nitro benzene ring substituents is 1. The number of likely N-dealkylation sites (tertiary alicyclic amines) is 1. The zero-order valence-electron chi connectivity index (χ0n) is 33.4. The lowest BCUT2D eigenvalue weighted by Gasteiger charge is -2.45. The summed E-state index contributed by atoms with van der Waals surface area (Å²) < 4.78 is 30.1. The second-order valence-electron chi connectivity index (χ2n) is 15.5. The third-order valence-electron chi connectivity index (χ3n) is 11.6. The molecule has 15 heteroatoms. The second kappa shape index (κ2) is 19.9. The zero-order chi connectivity index (χ0) is 42.1. The first-order valence-electron chi connectivity index (χ1n) is 20.4. The Morgan fingerprint density at radius 3 is 2.33 bits per heavy atom. The van der Waals surface area contributed by atoms with Gasteiger partial charge in [0.05, 0.1) is 15.9 Å². The van der Waals surface area contributed by atoms with Crippen LogP contribution < -0.4 is 10.0 Å². The number of carbonyl (C=O) groups is 1. The van der Waals surface area contributed by atoms with Gasteiger partial charge in [-0.1, -0.05) is 90.5 Å². The number of nitro groups is 1. The van der Waals surface area contributed by atoms with Crippen molar-refractivity contribution in [2.75, 3.05) is 56.9 Å². The van der Waals surface area contributed by atoms with Crippen LogP contribution in [0.5, 0.6) is 0 Å². The lowest BCUT2D eigenvalue weighted by Crippen LogP contribution is -2.63. The summed E-state index contributed by atoms with van der Waals surface area (Å²) in [4.78, 5) is 33.5. The number of rotatable bonds is 16. The number of aliphatic hydroxyl groups is 1. The first-order valence-corrected chi connectivity index (χ1v) is 23.2. The summed E-state index contributed by atoms with van der Waals surface area (Å²) in [5.74, 6) is -0.0966. The van der Waals surface area contributed by atoms with Crippen molar-refractivity contribution in [2.45, 2.75) is 59.7 Å². The van der Waals surface area contributed by atoms with Gasteiger partial charge in [0, 0.05) is 80.1 Å². The van der Waals surface area contributed by atoms with Gasteiger partial charge in [-0.3, -0.25) is 24.7 Å². The Hall–Kier alpha value is -4.54. The summed E-state index contributed by atoms with van der Waals surface area (Å²) in [6.45, 7) is 5.35. The number of allylic oxidation sites excluding steroid dienone is 2. The molecule has 1 unspecified atom stereocenters. The maximum atomic E-state index is 14.2. The van der Waals surface area contributed by atoms with Crippen molar-refractivity contribution < 1.29 is 23.2 Å². The Labute approximate surface area is 361 Å². The van der Waals surface area contributed by atoms with Crippen LogP contribution >= 0.6 is 23.4 Å². The standard InChI is InChI=1S/C45H51ClN6O6S2/c46-36-15-13-34(14-16-36)41-12-6-5-9-35(41)32-50-27-29-51(30-28-50)45(22-7-2-8-23-45)44(54)48-60(57,58)40-17-18-42(43(31-40)52(55)56)47-37(33-59-39-10-3-1-4-11-39)19-24-49-25-20-38(53)21-26-49/h1-18,22,31,37-38,47,53H,19-21,23-30,32-33H2,(H,48,54)/t37-,45?/m1/s1. The first kappa shape index (κ1) is 43.5. The fraction of sp³-hybridized carbons (Fsp3) is 0.356. The van der Waals surface area contributed by atoms with Crippen LogP contribution in [0.4, 0.5) is 11.4 Å². The molecule has 2 aliphatic heterocycles. The van der Waals surface area contributed by atoms with Gasteiger partial charge in [-0.05, 0) is 78.8 Å². The summed E-state index contributed by atoms with van der Waals surface area (Å²) in [5.41, 5.74) is 1.91. The van der Waals surface area contributed by atoms with Gasteiger partial charge in [0.2, 0.25) is 0 Å². The molecule has 2 heterocycles. The van der Waals surface area contributed by atoms with E-state index in [9.17, 15) is 28.4 Å². The van der Waals surface area contributed by atoms with Crippen LogP contribution in [0, 0.1) is 10.1 Å². The number of benzene rings is 4. The predicted molar refractivity (Wildman–Crippen MR) is 239 cm³/mol. The lowest BCUT2D eigenvalue weighted by atomic mass is 9.87. The zero-order valence-corrected chi connectivity index (χ0v) is 35.8. The second-order valence-corrected chi connectivity index (χ2v) is 18.8. The summed E-state index contributed by atoms with van der Waals surface area (Å²) in [6.07, 6.45) is 9.28. The molecule has 1 aliphatic carbocycles. The molecule has 0 aromatic heterocycles. The van der Waals surface area contributed by atoms with Gasteiger partial charge < -0.3 is 15.3 Å². The molecule has 4 aromatic rings. The van der Waals surface area contributed by atoms with Crippen LogP contribution in [-0.4, -0.2) is 108 Å². The topological polar surface area (TPSA) is 148 Å². The van der Waals surface area contributed by atoms with Crippen LogP contribution in [0.25, 0.3) is 11.1 Å². The van der Waals surface area contributed by atoms with E-state index in [-0.39, 0.29) is 29.1 Å². The minimum atomic E-state index is -4.51. The highest BCUT2D eigenvalue weighted by Crippen LogP contribution is 2.33. The summed E-state index contributed by atoms with van der Waals surface area (Å²) in [6, 6.07) is 29.5. The Balaban J connectivity index is 1.03. The van der Waals surface area contributed by atoms with Crippen LogP contribution in [0.1, 0.15) is 31.2 Å². The molecule has 0 radical (unpaired) electrons. The van der Waals surface area contributed by atoms with Crippen molar-refractivity contribution in [2.24, 2.45) is 0 Å². The number of anilines is 1. The third-order valence-corrected chi connectivity index (χ3v) is 14.3. The van der Waals surface area contributed by atoms with E-state index in [2.05, 4.69) is 32.0 Å². The lowest BCUT2D eigenvalue weighted by molar-refractivity contribution is -0.384. The van der Waals surface area contributed by atoms with Gasteiger partial charge >= 0.3 is 0 Å². The maximum Gasteiger partial charge on any atom is 0.293 e. The van der Waals surface area contributed by atoms with Crippen molar-refractivity contribution in [3.05, 3.63) is 142 Å². The quantitative estimate of drug-likeness (QED) is 0.0596. The molecule has 3 aliphatic rings. The summed E-state index contributed by atoms with van der Waals surface area (Å²) in [7, 11) is -4.51. The minimum Gasteiger partial charge on any atom is -0.393 e. The number of amides is 1. The monoisotopic (exact) mass is 870 g/mol. The molecule has 4 aromatic carbocycles. The fourth-order valence-corrected chi connectivity index (χ4v) is 10.3. The van der Waals surface area contributed by atoms with Crippen LogP contribution in [-0.2, 0) is 21.4 Å². The molecule has 3 N–H and O–H groups in total. The molecule has 2 atom stereocenters. The van der Waals surface area contributed by atoms with Crippen molar-refractivity contribution in [1.82, 2.24) is 19.4 Å². The van der Waals surface area contributed by atoms with E-state index in [1.54, 1.807) is 23.9 Å². The van der Waals surface area contributed by atoms with Gasteiger partial charge in [0.1, 0.15) is 11.2 Å². The molecule has 0 bridgehead atoms. The number of sulfonamides is 1. The number of aliphatic hydroxyl groups excluding tert-OH is 1. The number of nitrogens with zero attached hydrogens (tertiary/aromatic N) is 4. The average molecular weight is 872 g/mol. The molecule has 2 saturated heterocycles. The number of piperidine rings is 1.